The molecule has 108 valence electrons. The van der Waals surface area contributed by atoms with E-state index in [0.29, 0.717) is 6.04 Å². The number of nitrogens with zero attached hydrogens (tertiary/aromatic N) is 2. The van der Waals surface area contributed by atoms with Crippen LogP contribution in [0, 0.1) is 6.92 Å². The molecule has 3 N–H and O–H groups in total. The molecule has 0 aliphatic heterocycles. The van der Waals surface area contributed by atoms with Crippen LogP contribution < -0.4 is 11.1 Å². The van der Waals surface area contributed by atoms with E-state index in [2.05, 4.69) is 52.0 Å². The fourth-order valence-electron chi connectivity index (χ4n) is 1.67. The summed E-state index contributed by atoms with van der Waals surface area (Å²) in [6, 6.07) is 0.614. The van der Waals surface area contributed by atoms with Crippen molar-refractivity contribution >= 4 is 27.4 Å². The second kappa shape index (κ2) is 7.70. The number of hydrogen-bond donors (Lipinski definition) is 2. The van der Waals surface area contributed by atoms with Crippen molar-refractivity contribution in [1.29, 1.82) is 0 Å². The minimum atomic E-state index is 0.614. The molecule has 0 unspecified atom stereocenters. The molecule has 0 atom stereocenters. The van der Waals surface area contributed by atoms with Gasteiger partial charge in [-0.05, 0) is 68.7 Å². The average Bonchev–Trinajstić information content (AvgIpc) is 2.37. The molecule has 19 heavy (non-hydrogen) atoms. The number of unbranched alkanes of at least 4 members (excludes halogenated alkanes) is 1. The summed E-state index contributed by atoms with van der Waals surface area (Å²) in [5.41, 5.74) is 7.56. The maximum atomic E-state index is 5.80. The molecule has 0 aliphatic carbocycles. The van der Waals surface area contributed by atoms with E-state index >= 15 is 0 Å². The summed E-state index contributed by atoms with van der Waals surface area (Å²) in [5, 5.41) is 3.35. The topological polar surface area (TPSA) is 54.2 Å². The molecule has 0 radical (unpaired) electrons. The van der Waals surface area contributed by atoms with Gasteiger partial charge in [0.25, 0.3) is 0 Å². The molecular weight excluding hydrogens is 304 g/mol. The quantitative estimate of drug-likeness (QED) is 0.754. The van der Waals surface area contributed by atoms with Crippen LogP contribution in [0.4, 0.5) is 11.5 Å². The van der Waals surface area contributed by atoms with E-state index in [9.17, 15) is 0 Å². The van der Waals surface area contributed by atoms with Gasteiger partial charge in [-0.25, -0.2) is 4.98 Å². The number of aromatic nitrogens is 1. The lowest BCUT2D eigenvalue weighted by Crippen LogP contribution is -2.27. The Kier molecular flexibility index (Phi) is 6.58. The van der Waals surface area contributed by atoms with Crippen LogP contribution in [-0.4, -0.2) is 36.1 Å². The van der Waals surface area contributed by atoms with Gasteiger partial charge in [-0.3, -0.25) is 0 Å². The molecule has 0 spiro atoms. The van der Waals surface area contributed by atoms with Gasteiger partial charge in [0.05, 0.1) is 16.4 Å². The SMILES string of the molecule is Cc1c(N)cnc(NCCCCN(C)C(C)C)c1Br. The first-order chi connectivity index (χ1) is 8.93. The second-order valence-electron chi connectivity index (χ2n) is 5.21. The molecule has 0 bridgehead atoms. The van der Waals surface area contributed by atoms with Crippen LogP contribution in [-0.2, 0) is 0 Å². The minimum absolute atomic E-state index is 0.614. The molecule has 0 amide bonds. The molecular formula is C14H25BrN4. The van der Waals surface area contributed by atoms with Gasteiger partial charge in [0, 0.05) is 12.6 Å². The highest BCUT2D eigenvalue weighted by atomic mass is 79.9. The molecule has 0 saturated heterocycles. The fraction of sp³-hybridized carbons (Fsp3) is 0.643. The molecule has 4 nitrogen and oxygen atoms in total. The predicted octanol–water partition coefficient (Wildman–Crippen LogP) is 3.27. The Morgan fingerprint density at radius 2 is 2.11 bits per heavy atom. The standard InChI is InChI=1S/C14H25BrN4/c1-10(2)19(4)8-6-5-7-17-14-13(15)11(3)12(16)9-18-14/h9-10H,5-8,16H2,1-4H3,(H,17,18). The van der Waals surface area contributed by atoms with E-state index in [0.717, 1.165) is 41.1 Å². The van der Waals surface area contributed by atoms with Crippen molar-refractivity contribution in [3.8, 4) is 0 Å². The average molecular weight is 329 g/mol. The van der Waals surface area contributed by atoms with E-state index in [1.54, 1.807) is 6.20 Å². The number of hydrogen-bond acceptors (Lipinski definition) is 4. The Labute approximate surface area is 124 Å². The lowest BCUT2D eigenvalue weighted by Gasteiger charge is -2.20. The van der Waals surface area contributed by atoms with E-state index < -0.39 is 0 Å². The lowest BCUT2D eigenvalue weighted by molar-refractivity contribution is 0.269. The van der Waals surface area contributed by atoms with Crippen molar-refractivity contribution in [1.82, 2.24) is 9.88 Å². The van der Waals surface area contributed by atoms with E-state index in [1.165, 1.54) is 6.42 Å². The third-order valence-corrected chi connectivity index (χ3v) is 4.38. The first kappa shape index (κ1) is 16.2. The van der Waals surface area contributed by atoms with E-state index in [1.807, 2.05) is 6.92 Å². The number of nitrogens with two attached hydrogens (primary N) is 1. The minimum Gasteiger partial charge on any atom is -0.397 e. The summed E-state index contributed by atoms with van der Waals surface area (Å²) in [5.74, 6) is 0.879. The lowest BCUT2D eigenvalue weighted by atomic mass is 10.2. The van der Waals surface area contributed by atoms with Gasteiger partial charge in [-0.2, -0.15) is 0 Å². The van der Waals surface area contributed by atoms with Crippen molar-refractivity contribution in [2.24, 2.45) is 0 Å². The number of nitrogen functional groups attached to an aromatic ring is 1. The molecule has 1 aromatic heterocycles. The van der Waals surface area contributed by atoms with Crippen LogP contribution in [0.5, 0.6) is 0 Å². The molecule has 0 aliphatic rings. The van der Waals surface area contributed by atoms with Crippen LogP contribution in [0.2, 0.25) is 0 Å². The zero-order valence-corrected chi connectivity index (χ0v) is 13.9. The van der Waals surface area contributed by atoms with Gasteiger partial charge < -0.3 is 16.0 Å². The summed E-state index contributed by atoms with van der Waals surface area (Å²) in [6.07, 6.45) is 4.02. The predicted molar refractivity (Wildman–Crippen MR) is 86.6 cm³/mol. The molecule has 1 aromatic rings. The van der Waals surface area contributed by atoms with Crippen LogP contribution >= 0.6 is 15.9 Å². The summed E-state index contributed by atoms with van der Waals surface area (Å²) in [4.78, 5) is 6.67. The van der Waals surface area contributed by atoms with E-state index in [4.69, 9.17) is 5.73 Å². The Morgan fingerprint density at radius 3 is 2.74 bits per heavy atom. The normalized spacial score (nSPS) is 11.3. The maximum Gasteiger partial charge on any atom is 0.140 e. The fourth-order valence-corrected chi connectivity index (χ4v) is 2.14. The van der Waals surface area contributed by atoms with Crippen molar-refractivity contribution in [2.45, 2.75) is 39.7 Å². The zero-order valence-electron chi connectivity index (χ0n) is 12.3. The highest BCUT2D eigenvalue weighted by Gasteiger charge is 2.07. The van der Waals surface area contributed by atoms with Gasteiger partial charge in [0.2, 0.25) is 0 Å². The highest BCUT2D eigenvalue weighted by Crippen LogP contribution is 2.27. The number of rotatable bonds is 7. The monoisotopic (exact) mass is 328 g/mol. The van der Waals surface area contributed by atoms with Gasteiger partial charge in [-0.15, -0.1) is 0 Å². The molecule has 1 rings (SSSR count). The summed E-state index contributed by atoms with van der Waals surface area (Å²) >= 11 is 3.53. The van der Waals surface area contributed by atoms with Gasteiger partial charge >= 0.3 is 0 Å². The molecule has 0 saturated carbocycles. The molecule has 5 heteroatoms. The van der Waals surface area contributed by atoms with Gasteiger partial charge in [-0.1, -0.05) is 0 Å². The number of pyridine rings is 1. The van der Waals surface area contributed by atoms with Crippen molar-refractivity contribution in [2.75, 3.05) is 31.2 Å². The number of nitrogens with one attached hydrogen (secondary N) is 1. The summed E-state index contributed by atoms with van der Waals surface area (Å²) < 4.78 is 0.965. The summed E-state index contributed by atoms with van der Waals surface area (Å²) in [6.45, 7) is 8.49. The van der Waals surface area contributed by atoms with Crippen molar-refractivity contribution < 1.29 is 0 Å². The number of halogens is 1. The Morgan fingerprint density at radius 1 is 1.42 bits per heavy atom. The third-order valence-electron chi connectivity index (χ3n) is 3.41. The van der Waals surface area contributed by atoms with Crippen molar-refractivity contribution in [3.63, 3.8) is 0 Å². The Bertz CT molecular complexity index is 407. The molecule has 0 aromatic carbocycles. The van der Waals surface area contributed by atoms with Crippen LogP contribution in [0.25, 0.3) is 0 Å². The van der Waals surface area contributed by atoms with Crippen molar-refractivity contribution in [3.05, 3.63) is 16.2 Å². The molecule has 1 heterocycles. The van der Waals surface area contributed by atoms with Crippen LogP contribution in [0.15, 0.2) is 10.7 Å². The smallest absolute Gasteiger partial charge is 0.140 e. The maximum absolute atomic E-state index is 5.80. The Balaban J connectivity index is 2.32. The van der Waals surface area contributed by atoms with Crippen LogP contribution in [0.3, 0.4) is 0 Å². The molecule has 0 fully saturated rings. The number of anilines is 2. The van der Waals surface area contributed by atoms with E-state index in [-0.39, 0.29) is 0 Å². The highest BCUT2D eigenvalue weighted by molar-refractivity contribution is 9.10. The first-order valence-corrected chi connectivity index (χ1v) is 7.57. The van der Waals surface area contributed by atoms with Crippen LogP contribution in [0.1, 0.15) is 32.3 Å². The van der Waals surface area contributed by atoms with Gasteiger partial charge in [0.1, 0.15) is 5.82 Å². The zero-order chi connectivity index (χ0) is 14.4. The van der Waals surface area contributed by atoms with Gasteiger partial charge in [0.15, 0.2) is 0 Å². The third kappa shape index (κ3) is 4.99. The summed E-state index contributed by atoms with van der Waals surface area (Å²) in [7, 11) is 2.17. The largest absolute Gasteiger partial charge is 0.397 e. The Hall–Kier alpha value is -0.810. The second-order valence-corrected chi connectivity index (χ2v) is 6.00. The first-order valence-electron chi connectivity index (χ1n) is 6.78.